The minimum Gasteiger partial charge on any atom is -0.192 e. The molecule has 0 bridgehead atoms. The van der Waals surface area contributed by atoms with Crippen molar-refractivity contribution in [3.63, 3.8) is 0 Å². The Bertz CT molecular complexity index is 1480. The maximum atomic E-state index is 8.38. The fraction of sp³-hybridized carbons (Fsp3) is 0.227. The third-order valence-electron chi connectivity index (χ3n) is 7.41. The van der Waals surface area contributed by atoms with Gasteiger partial charge in [-0.1, -0.05) is 176 Å². The Morgan fingerprint density at radius 2 is 0.956 bits per heavy atom. The number of allylic oxidation sites excluding steroid dienone is 1. The zero-order valence-electron chi connectivity index (χ0n) is 27.6. The van der Waals surface area contributed by atoms with Crippen LogP contribution in [-0.4, -0.2) is 0 Å². The van der Waals surface area contributed by atoms with E-state index in [4.69, 9.17) is 5.26 Å². The van der Waals surface area contributed by atoms with Crippen molar-refractivity contribution in [1.82, 2.24) is 0 Å². The highest BCUT2D eigenvalue weighted by Crippen LogP contribution is 2.32. The van der Waals surface area contributed by atoms with Crippen molar-refractivity contribution in [2.24, 2.45) is 0 Å². The normalized spacial score (nSPS) is 11.4. The molecule has 0 spiro atoms. The molecule has 0 N–H and O–H groups in total. The molecule has 5 aromatic rings. The lowest BCUT2D eigenvalue weighted by Gasteiger charge is -2.21. The first-order valence-corrected chi connectivity index (χ1v) is 15.9. The molecule has 6 rings (SSSR count). The highest BCUT2D eigenvalue weighted by molar-refractivity contribution is 5.62. The van der Waals surface area contributed by atoms with Gasteiger partial charge in [-0.2, -0.15) is 5.26 Å². The second kappa shape index (κ2) is 22.6. The molecule has 1 nitrogen and oxygen atoms in total. The lowest BCUT2D eigenvalue weighted by Crippen LogP contribution is -2.03. The van der Waals surface area contributed by atoms with Crippen molar-refractivity contribution >= 4 is 5.57 Å². The van der Waals surface area contributed by atoms with Crippen molar-refractivity contribution in [2.75, 3.05) is 0 Å². The molecule has 230 valence electrons. The van der Waals surface area contributed by atoms with Crippen LogP contribution in [0.15, 0.2) is 158 Å². The zero-order valence-corrected chi connectivity index (χ0v) is 27.6. The molecule has 0 atom stereocenters. The summed E-state index contributed by atoms with van der Waals surface area (Å²) in [5.41, 5.74) is 11.2. The number of benzene rings is 5. The van der Waals surface area contributed by atoms with Crippen molar-refractivity contribution in [3.8, 4) is 6.07 Å². The van der Waals surface area contributed by atoms with E-state index in [0.29, 0.717) is 0 Å². The van der Waals surface area contributed by atoms with Gasteiger partial charge in [-0.25, -0.2) is 0 Å². The minimum absolute atomic E-state index is 0.723. The van der Waals surface area contributed by atoms with Crippen molar-refractivity contribution in [2.45, 2.75) is 65.7 Å². The summed E-state index contributed by atoms with van der Waals surface area (Å²) in [6.07, 6.45) is 7.12. The minimum atomic E-state index is 0.723. The lowest BCUT2D eigenvalue weighted by atomic mass is 9.84. The Morgan fingerprint density at radius 1 is 0.556 bits per heavy atom. The molecule has 0 unspecified atom stereocenters. The van der Waals surface area contributed by atoms with Crippen LogP contribution in [0.4, 0.5) is 0 Å². The zero-order chi connectivity index (χ0) is 32.5. The Kier molecular flexibility index (Phi) is 18.2. The van der Waals surface area contributed by atoms with Gasteiger partial charge in [0.05, 0.1) is 11.6 Å². The van der Waals surface area contributed by atoms with Crippen LogP contribution in [0.1, 0.15) is 78.3 Å². The highest BCUT2D eigenvalue weighted by atomic mass is 14.2. The van der Waals surface area contributed by atoms with E-state index in [1.54, 1.807) is 5.56 Å². The Labute approximate surface area is 273 Å². The van der Waals surface area contributed by atoms with Crippen LogP contribution >= 0.6 is 0 Å². The van der Waals surface area contributed by atoms with Crippen LogP contribution in [0.3, 0.4) is 0 Å². The monoisotopic (exact) mass is 591 g/mol. The summed E-state index contributed by atoms with van der Waals surface area (Å²) in [4.78, 5) is 0. The molecule has 1 fully saturated rings. The number of hydrogen-bond donors (Lipinski definition) is 0. The van der Waals surface area contributed by atoms with Gasteiger partial charge in [-0.3, -0.25) is 0 Å². The molecular formula is C44H49N. The third kappa shape index (κ3) is 16.5. The average Bonchev–Trinajstić information content (AvgIpc) is 3.11. The summed E-state index contributed by atoms with van der Waals surface area (Å²) in [5.74, 6) is 0.861. The van der Waals surface area contributed by atoms with Gasteiger partial charge in [0.2, 0.25) is 0 Å². The topological polar surface area (TPSA) is 23.8 Å². The van der Waals surface area contributed by atoms with Gasteiger partial charge in [-0.15, -0.1) is 5.73 Å². The Balaban J connectivity index is 0.000000199. The number of rotatable bonds is 2. The molecule has 0 radical (unpaired) electrons. The van der Waals surface area contributed by atoms with Gasteiger partial charge in [0.25, 0.3) is 0 Å². The Morgan fingerprint density at radius 3 is 1.33 bits per heavy atom. The molecule has 5 aromatic carbocycles. The van der Waals surface area contributed by atoms with Crippen LogP contribution in [0.25, 0.3) is 5.57 Å². The molecule has 1 heteroatoms. The summed E-state index contributed by atoms with van der Waals surface area (Å²) in [7, 11) is 0. The average molecular weight is 592 g/mol. The number of aryl methyl sites for hydroxylation is 3. The predicted octanol–water partition coefficient (Wildman–Crippen LogP) is 12.5. The van der Waals surface area contributed by atoms with Gasteiger partial charge >= 0.3 is 0 Å². The molecule has 1 saturated carbocycles. The molecule has 1 aliphatic carbocycles. The summed E-state index contributed by atoms with van der Waals surface area (Å²) in [6.45, 7) is 11.7. The molecule has 45 heavy (non-hydrogen) atoms. The predicted molar refractivity (Wildman–Crippen MR) is 195 cm³/mol. The van der Waals surface area contributed by atoms with Gasteiger partial charge < -0.3 is 0 Å². The first-order valence-electron chi connectivity index (χ1n) is 15.9. The summed E-state index contributed by atoms with van der Waals surface area (Å²) >= 11 is 0. The van der Waals surface area contributed by atoms with Crippen molar-refractivity contribution in [1.29, 1.82) is 5.26 Å². The van der Waals surface area contributed by atoms with Gasteiger partial charge in [-0.05, 0) is 75.3 Å². The van der Waals surface area contributed by atoms with Crippen LogP contribution in [0, 0.1) is 32.1 Å². The summed E-state index contributed by atoms with van der Waals surface area (Å²) < 4.78 is 0. The van der Waals surface area contributed by atoms with E-state index < -0.39 is 0 Å². The van der Waals surface area contributed by atoms with Crippen LogP contribution in [0.2, 0.25) is 0 Å². The van der Waals surface area contributed by atoms with E-state index in [9.17, 15) is 0 Å². The fourth-order valence-electron chi connectivity index (χ4n) is 4.65. The third-order valence-corrected chi connectivity index (χ3v) is 7.41. The van der Waals surface area contributed by atoms with Crippen molar-refractivity contribution in [3.05, 3.63) is 191 Å². The largest absolute Gasteiger partial charge is 0.192 e. The Hall–Kier alpha value is -4.89. The van der Waals surface area contributed by atoms with E-state index >= 15 is 0 Å². The van der Waals surface area contributed by atoms with Gasteiger partial charge in [0.15, 0.2) is 0 Å². The number of hydrogen-bond acceptors (Lipinski definition) is 1. The molecule has 0 amide bonds. The first-order chi connectivity index (χ1) is 21.9. The van der Waals surface area contributed by atoms with E-state index in [1.165, 1.54) is 54.4 Å². The molecule has 0 aliphatic heterocycles. The molecule has 0 aromatic heterocycles. The van der Waals surface area contributed by atoms with Crippen LogP contribution < -0.4 is 0 Å². The van der Waals surface area contributed by atoms with Gasteiger partial charge in [0.1, 0.15) is 0 Å². The van der Waals surface area contributed by atoms with Crippen molar-refractivity contribution < 1.29 is 0 Å². The SMILES string of the molecule is C=C=C(C)c1ccccc1.Cc1ccc(C#N)cc1.Cc1ccccc1.Cc1ccccc1.c1ccc(C2CCCCC2)cc1. The van der Waals surface area contributed by atoms with E-state index in [1.807, 2.05) is 105 Å². The van der Waals surface area contributed by atoms with Gasteiger partial charge in [0, 0.05) is 0 Å². The van der Waals surface area contributed by atoms with Crippen LogP contribution in [-0.2, 0) is 0 Å². The maximum Gasteiger partial charge on any atom is 0.0991 e. The smallest absolute Gasteiger partial charge is 0.0991 e. The quantitative estimate of drug-likeness (QED) is 0.187. The van der Waals surface area contributed by atoms with E-state index in [-0.39, 0.29) is 0 Å². The maximum absolute atomic E-state index is 8.38. The fourth-order valence-corrected chi connectivity index (χ4v) is 4.65. The second-order valence-electron chi connectivity index (χ2n) is 11.2. The molecule has 0 saturated heterocycles. The number of nitriles is 1. The standard InChI is InChI=1S/C12H16.C10H10.C8H7N.2C7H8/c1-3-7-11(8-4-1)12-9-5-2-6-10-12;1-3-9(2)10-7-5-4-6-8-10;1-7-2-4-8(6-9)5-3-7;2*1-7-5-3-2-4-6-7/h1,3-4,7-8,12H,2,5-6,9-10H2;4-8H,1H2,2H3;2-5H,1H3;2*2-6H,1H3. The van der Waals surface area contributed by atoms with E-state index in [0.717, 1.165) is 17.1 Å². The molecule has 1 aliphatic rings. The second-order valence-corrected chi connectivity index (χ2v) is 11.2. The highest BCUT2D eigenvalue weighted by Gasteiger charge is 2.14. The number of nitrogens with zero attached hydrogens (tertiary/aromatic N) is 1. The first kappa shape index (κ1) is 36.3. The summed E-state index contributed by atoms with van der Waals surface area (Å²) in [5, 5.41) is 8.38. The molecule has 0 heterocycles. The molecular weight excluding hydrogens is 542 g/mol. The lowest BCUT2D eigenvalue weighted by molar-refractivity contribution is 0.443. The van der Waals surface area contributed by atoms with E-state index in [2.05, 4.69) is 86.8 Å². The summed E-state index contributed by atoms with van der Waals surface area (Å²) in [6, 6.07) is 51.1. The van der Waals surface area contributed by atoms with Crippen LogP contribution in [0.5, 0.6) is 0 Å².